The standard InChI is InChI=1S/C17H20N2O5S/c1-10-15(17(20)23-3)16(11(2)24-10)25(21,22)19-7-12-4-5-13-8-18-9-14(13)6-12/h4-6,18-19H,7-9H2,1-3H3. The Morgan fingerprint density at radius 3 is 2.68 bits per heavy atom. The van der Waals surface area contributed by atoms with Gasteiger partial charge in [-0.2, -0.15) is 0 Å². The molecule has 3 rings (SSSR count). The average molecular weight is 364 g/mol. The Balaban J connectivity index is 1.87. The molecule has 1 aliphatic heterocycles. The van der Waals surface area contributed by atoms with E-state index in [1.54, 1.807) is 0 Å². The Bertz CT molecular complexity index is 931. The van der Waals surface area contributed by atoms with Crippen molar-refractivity contribution in [1.82, 2.24) is 10.0 Å². The molecule has 1 aromatic heterocycles. The van der Waals surface area contributed by atoms with Gasteiger partial charge in [-0.05, 0) is 30.5 Å². The third-order valence-corrected chi connectivity index (χ3v) is 5.78. The number of benzene rings is 1. The molecule has 2 aromatic rings. The molecule has 25 heavy (non-hydrogen) atoms. The zero-order valence-corrected chi connectivity index (χ0v) is 15.1. The quantitative estimate of drug-likeness (QED) is 0.785. The van der Waals surface area contributed by atoms with E-state index in [0.29, 0.717) is 0 Å². The predicted octanol–water partition coefficient (Wildman–Crippen LogP) is 1.76. The first kappa shape index (κ1) is 17.7. The van der Waals surface area contributed by atoms with Gasteiger partial charge in [0.15, 0.2) is 0 Å². The summed E-state index contributed by atoms with van der Waals surface area (Å²) in [5.74, 6) is -0.366. The maximum atomic E-state index is 12.7. The second-order valence-corrected chi connectivity index (χ2v) is 7.65. The molecule has 0 radical (unpaired) electrons. The minimum Gasteiger partial charge on any atom is -0.465 e. The lowest BCUT2D eigenvalue weighted by atomic mass is 10.1. The van der Waals surface area contributed by atoms with Crippen LogP contribution in [0.3, 0.4) is 0 Å². The van der Waals surface area contributed by atoms with Gasteiger partial charge in [0.2, 0.25) is 10.0 Å². The number of carbonyl (C=O) groups excluding carboxylic acids is 1. The van der Waals surface area contributed by atoms with Crippen molar-refractivity contribution in [3.63, 3.8) is 0 Å². The van der Waals surface area contributed by atoms with Crippen LogP contribution in [0.25, 0.3) is 0 Å². The lowest BCUT2D eigenvalue weighted by molar-refractivity contribution is 0.0595. The van der Waals surface area contributed by atoms with Crippen molar-refractivity contribution in [2.24, 2.45) is 0 Å². The SMILES string of the molecule is COC(=O)c1c(C)oc(C)c1S(=O)(=O)NCc1ccc2c(c1)CNC2. The number of hydrogen-bond acceptors (Lipinski definition) is 6. The first-order chi connectivity index (χ1) is 11.8. The minimum atomic E-state index is -3.93. The highest BCUT2D eigenvalue weighted by atomic mass is 32.2. The second kappa shape index (κ2) is 6.62. The molecule has 0 saturated heterocycles. The summed E-state index contributed by atoms with van der Waals surface area (Å²) >= 11 is 0. The number of aryl methyl sites for hydroxylation is 2. The third kappa shape index (κ3) is 3.33. The van der Waals surface area contributed by atoms with E-state index < -0.39 is 16.0 Å². The van der Waals surface area contributed by atoms with Crippen molar-refractivity contribution in [1.29, 1.82) is 0 Å². The Morgan fingerprint density at radius 1 is 1.24 bits per heavy atom. The second-order valence-electron chi connectivity index (χ2n) is 5.94. The molecular weight excluding hydrogens is 344 g/mol. The topological polar surface area (TPSA) is 97.6 Å². The zero-order valence-electron chi connectivity index (χ0n) is 14.3. The van der Waals surface area contributed by atoms with Gasteiger partial charge in [0, 0.05) is 19.6 Å². The van der Waals surface area contributed by atoms with Crippen molar-refractivity contribution in [2.75, 3.05) is 7.11 Å². The fraction of sp³-hybridized carbons (Fsp3) is 0.353. The smallest absolute Gasteiger partial charge is 0.342 e. The zero-order chi connectivity index (χ0) is 18.2. The minimum absolute atomic E-state index is 0.0642. The molecule has 0 fully saturated rings. The number of fused-ring (bicyclic) bond motifs is 1. The number of furan rings is 1. The van der Waals surface area contributed by atoms with Crippen molar-refractivity contribution in [3.05, 3.63) is 52.0 Å². The van der Waals surface area contributed by atoms with E-state index in [1.165, 1.54) is 32.1 Å². The maximum absolute atomic E-state index is 12.7. The summed E-state index contributed by atoms with van der Waals surface area (Å²) in [5, 5.41) is 3.25. The first-order valence-electron chi connectivity index (χ1n) is 7.83. The molecule has 2 heterocycles. The summed E-state index contributed by atoms with van der Waals surface area (Å²) < 4.78 is 38.0. The number of sulfonamides is 1. The number of hydrogen-bond donors (Lipinski definition) is 2. The van der Waals surface area contributed by atoms with Crippen molar-refractivity contribution < 1.29 is 22.4 Å². The monoisotopic (exact) mass is 364 g/mol. The highest BCUT2D eigenvalue weighted by Gasteiger charge is 2.31. The molecule has 0 bridgehead atoms. The fourth-order valence-electron chi connectivity index (χ4n) is 3.03. The Morgan fingerprint density at radius 2 is 1.96 bits per heavy atom. The molecular formula is C17H20N2O5S. The summed E-state index contributed by atoms with van der Waals surface area (Å²) in [6.07, 6.45) is 0. The molecule has 0 amide bonds. The molecule has 134 valence electrons. The van der Waals surface area contributed by atoms with E-state index in [2.05, 4.69) is 14.8 Å². The van der Waals surface area contributed by atoms with Gasteiger partial charge in [-0.3, -0.25) is 0 Å². The van der Waals surface area contributed by atoms with Crippen LogP contribution in [0.2, 0.25) is 0 Å². The molecule has 2 N–H and O–H groups in total. The van der Waals surface area contributed by atoms with Gasteiger partial charge >= 0.3 is 5.97 Å². The summed E-state index contributed by atoms with van der Waals surface area (Å²) in [6, 6.07) is 5.86. The maximum Gasteiger partial charge on any atom is 0.342 e. The molecule has 1 aliphatic rings. The lowest BCUT2D eigenvalue weighted by Crippen LogP contribution is -2.25. The van der Waals surface area contributed by atoms with E-state index in [0.717, 1.165) is 18.7 Å². The van der Waals surface area contributed by atoms with Crippen LogP contribution in [0.4, 0.5) is 0 Å². The number of carbonyl (C=O) groups is 1. The van der Waals surface area contributed by atoms with E-state index in [4.69, 9.17) is 4.42 Å². The van der Waals surface area contributed by atoms with Crippen LogP contribution in [0.5, 0.6) is 0 Å². The van der Waals surface area contributed by atoms with Crippen molar-refractivity contribution >= 4 is 16.0 Å². The number of rotatable bonds is 5. The molecule has 0 aliphatic carbocycles. The molecule has 0 saturated carbocycles. The van der Waals surface area contributed by atoms with Crippen LogP contribution < -0.4 is 10.0 Å². The molecule has 0 spiro atoms. The van der Waals surface area contributed by atoms with E-state index in [-0.39, 0.29) is 28.5 Å². The lowest BCUT2D eigenvalue weighted by Gasteiger charge is -2.09. The van der Waals surface area contributed by atoms with Gasteiger partial charge in [-0.15, -0.1) is 0 Å². The molecule has 8 heteroatoms. The van der Waals surface area contributed by atoms with Crippen LogP contribution in [0, 0.1) is 13.8 Å². The fourth-order valence-corrected chi connectivity index (χ4v) is 4.45. The normalized spacial score (nSPS) is 13.7. The Labute approximate surface area is 146 Å². The molecule has 7 nitrogen and oxygen atoms in total. The van der Waals surface area contributed by atoms with Gasteiger partial charge in [-0.25, -0.2) is 17.9 Å². The molecule has 0 atom stereocenters. The van der Waals surface area contributed by atoms with Crippen LogP contribution in [0.15, 0.2) is 27.5 Å². The molecule has 1 aromatic carbocycles. The van der Waals surface area contributed by atoms with Gasteiger partial charge in [0.05, 0.1) is 7.11 Å². The summed E-state index contributed by atoms with van der Waals surface area (Å²) in [7, 11) is -2.73. The van der Waals surface area contributed by atoms with Gasteiger partial charge in [0.1, 0.15) is 22.0 Å². The van der Waals surface area contributed by atoms with Crippen LogP contribution >= 0.6 is 0 Å². The van der Waals surface area contributed by atoms with E-state index in [1.807, 2.05) is 18.2 Å². The largest absolute Gasteiger partial charge is 0.465 e. The van der Waals surface area contributed by atoms with Gasteiger partial charge < -0.3 is 14.5 Å². The Kier molecular flexibility index (Phi) is 4.68. The van der Waals surface area contributed by atoms with Crippen molar-refractivity contribution in [3.8, 4) is 0 Å². The third-order valence-electron chi connectivity index (χ3n) is 4.23. The van der Waals surface area contributed by atoms with Crippen molar-refractivity contribution in [2.45, 2.75) is 38.4 Å². The summed E-state index contributed by atoms with van der Waals surface area (Å²) in [4.78, 5) is 11.8. The number of methoxy groups -OCH3 is 1. The average Bonchev–Trinajstić information content (AvgIpc) is 3.15. The van der Waals surface area contributed by atoms with Crippen LogP contribution in [-0.4, -0.2) is 21.5 Å². The van der Waals surface area contributed by atoms with Crippen LogP contribution in [0.1, 0.15) is 38.6 Å². The molecule has 0 unspecified atom stereocenters. The van der Waals surface area contributed by atoms with Crippen LogP contribution in [-0.2, 0) is 34.4 Å². The van der Waals surface area contributed by atoms with Gasteiger partial charge in [-0.1, -0.05) is 18.2 Å². The summed E-state index contributed by atoms with van der Waals surface area (Å²) in [6.45, 7) is 4.78. The highest BCUT2D eigenvalue weighted by molar-refractivity contribution is 7.89. The first-order valence-corrected chi connectivity index (χ1v) is 9.31. The number of nitrogens with one attached hydrogen (secondary N) is 2. The summed E-state index contributed by atoms with van der Waals surface area (Å²) in [5.41, 5.74) is 3.18. The Hall–Kier alpha value is -2.16. The van der Waals surface area contributed by atoms with Gasteiger partial charge in [0.25, 0.3) is 0 Å². The number of esters is 1. The van der Waals surface area contributed by atoms with E-state index in [9.17, 15) is 13.2 Å². The number of ether oxygens (including phenoxy) is 1. The highest BCUT2D eigenvalue weighted by Crippen LogP contribution is 2.27. The predicted molar refractivity (Wildman–Crippen MR) is 90.5 cm³/mol. The van der Waals surface area contributed by atoms with E-state index >= 15 is 0 Å².